The van der Waals surface area contributed by atoms with Crippen LogP contribution in [0.5, 0.6) is 0 Å². The number of sulfonamides is 1. The molecule has 0 aliphatic carbocycles. The molecule has 0 saturated heterocycles. The van der Waals surface area contributed by atoms with E-state index in [1.54, 1.807) is 11.6 Å². The number of aromatic nitrogens is 2. The molecule has 0 spiro atoms. The third kappa shape index (κ3) is 3.48. The van der Waals surface area contributed by atoms with Gasteiger partial charge in [0.2, 0.25) is 10.0 Å². The van der Waals surface area contributed by atoms with Gasteiger partial charge in [0.05, 0.1) is 17.9 Å². The molecule has 0 aliphatic rings. The Morgan fingerprint density at radius 2 is 1.61 bits per heavy atom. The smallest absolute Gasteiger partial charge is 0.246 e. The van der Waals surface area contributed by atoms with Crippen LogP contribution in [0, 0.1) is 20.8 Å². The second-order valence-corrected chi connectivity index (χ2v) is 7.61. The predicted octanol–water partition coefficient (Wildman–Crippen LogP) is 2.89. The van der Waals surface area contributed by atoms with Gasteiger partial charge in [-0.3, -0.25) is 4.68 Å². The summed E-state index contributed by atoms with van der Waals surface area (Å²) in [5.41, 5.74) is 3.55. The molecule has 23 heavy (non-hydrogen) atoms. The highest BCUT2D eigenvalue weighted by Crippen LogP contribution is 2.24. The van der Waals surface area contributed by atoms with Crippen LogP contribution in [0.15, 0.2) is 29.2 Å². The highest BCUT2D eigenvalue weighted by atomic mass is 32.2. The zero-order valence-electron chi connectivity index (χ0n) is 14.5. The van der Waals surface area contributed by atoms with E-state index in [9.17, 15) is 8.42 Å². The van der Waals surface area contributed by atoms with Crippen molar-refractivity contribution in [2.45, 2.75) is 46.1 Å². The molecule has 1 aromatic carbocycles. The van der Waals surface area contributed by atoms with E-state index in [-0.39, 0.29) is 0 Å². The molecule has 6 heteroatoms. The zero-order valence-corrected chi connectivity index (χ0v) is 15.3. The Balaban J connectivity index is 2.42. The molecule has 0 N–H and O–H groups in total. The average molecular weight is 335 g/mol. The lowest BCUT2D eigenvalue weighted by Crippen LogP contribution is -2.31. The maximum absolute atomic E-state index is 12.8. The molecule has 1 heterocycles. The van der Waals surface area contributed by atoms with E-state index in [1.165, 1.54) is 9.87 Å². The Bertz CT molecular complexity index is 773. The summed E-state index contributed by atoms with van der Waals surface area (Å²) in [6.07, 6.45) is 0. The van der Waals surface area contributed by atoms with Gasteiger partial charge in [0.25, 0.3) is 0 Å². The van der Waals surface area contributed by atoms with Crippen molar-refractivity contribution in [2.24, 2.45) is 0 Å². The fourth-order valence-electron chi connectivity index (χ4n) is 2.77. The molecule has 2 rings (SSSR count). The Kier molecular flexibility index (Phi) is 5.26. The maximum Gasteiger partial charge on any atom is 0.246 e. The molecular weight excluding hydrogens is 310 g/mol. The van der Waals surface area contributed by atoms with Crippen LogP contribution in [-0.2, 0) is 16.6 Å². The van der Waals surface area contributed by atoms with E-state index in [2.05, 4.69) is 17.2 Å². The van der Waals surface area contributed by atoms with Gasteiger partial charge in [-0.25, -0.2) is 8.42 Å². The van der Waals surface area contributed by atoms with E-state index in [1.807, 2.05) is 39.8 Å². The average Bonchev–Trinajstić information content (AvgIpc) is 2.77. The van der Waals surface area contributed by atoms with Gasteiger partial charge in [0.1, 0.15) is 4.90 Å². The van der Waals surface area contributed by atoms with Crippen LogP contribution in [0.2, 0.25) is 0 Å². The van der Waals surface area contributed by atoms with E-state index >= 15 is 0 Å². The topological polar surface area (TPSA) is 55.2 Å². The standard InChI is InChI=1S/C17H25N3O2S/c1-6-19(7-2)23(21,22)17-14(4)18-20(15(17)5)12-16-10-8-13(3)9-11-16/h8-11H,6-7,12H2,1-5H3. The first-order valence-electron chi connectivity index (χ1n) is 7.91. The minimum atomic E-state index is -3.49. The summed E-state index contributed by atoms with van der Waals surface area (Å²) in [4.78, 5) is 0.341. The Labute approximate surface area is 139 Å². The Hall–Kier alpha value is -1.66. The third-order valence-corrected chi connectivity index (χ3v) is 6.37. The lowest BCUT2D eigenvalue weighted by Gasteiger charge is -2.18. The zero-order chi connectivity index (χ0) is 17.2. The molecule has 0 amide bonds. The van der Waals surface area contributed by atoms with Crippen LogP contribution in [0.3, 0.4) is 0 Å². The molecule has 0 radical (unpaired) electrons. The lowest BCUT2D eigenvalue weighted by atomic mass is 10.1. The van der Waals surface area contributed by atoms with Gasteiger partial charge in [-0.05, 0) is 26.3 Å². The summed E-state index contributed by atoms with van der Waals surface area (Å²) < 4.78 is 28.9. The van der Waals surface area contributed by atoms with Gasteiger partial charge < -0.3 is 0 Å². The van der Waals surface area contributed by atoms with Crippen molar-refractivity contribution in [3.8, 4) is 0 Å². The van der Waals surface area contributed by atoms with Gasteiger partial charge in [0.15, 0.2) is 0 Å². The quantitative estimate of drug-likeness (QED) is 0.815. The van der Waals surface area contributed by atoms with Crippen molar-refractivity contribution in [1.29, 1.82) is 0 Å². The SMILES string of the molecule is CCN(CC)S(=O)(=O)c1c(C)nn(Cc2ccc(C)cc2)c1C. The number of hydrogen-bond acceptors (Lipinski definition) is 3. The van der Waals surface area contributed by atoms with Gasteiger partial charge in [-0.1, -0.05) is 43.7 Å². The molecule has 2 aromatic rings. The van der Waals surface area contributed by atoms with Crippen molar-refractivity contribution in [2.75, 3.05) is 13.1 Å². The Morgan fingerprint density at radius 1 is 1.04 bits per heavy atom. The molecule has 0 unspecified atom stereocenters. The second-order valence-electron chi connectivity index (χ2n) is 5.73. The summed E-state index contributed by atoms with van der Waals surface area (Å²) in [6.45, 7) is 10.8. The minimum absolute atomic E-state index is 0.341. The minimum Gasteiger partial charge on any atom is -0.264 e. The van der Waals surface area contributed by atoms with Crippen molar-refractivity contribution in [1.82, 2.24) is 14.1 Å². The van der Waals surface area contributed by atoms with E-state index < -0.39 is 10.0 Å². The van der Waals surface area contributed by atoms with E-state index in [0.29, 0.717) is 35.9 Å². The normalized spacial score (nSPS) is 12.1. The molecule has 0 bridgehead atoms. The van der Waals surface area contributed by atoms with Gasteiger partial charge >= 0.3 is 0 Å². The fourth-order valence-corrected chi connectivity index (χ4v) is 4.60. The molecule has 126 valence electrons. The summed E-state index contributed by atoms with van der Waals surface area (Å²) >= 11 is 0. The first-order valence-corrected chi connectivity index (χ1v) is 9.35. The number of hydrogen-bond donors (Lipinski definition) is 0. The number of benzene rings is 1. The molecule has 0 aliphatic heterocycles. The summed E-state index contributed by atoms with van der Waals surface area (Å²) in [5.74, 6) is 0. The monoisotopic (exact) mass is 335 g/mol. The van der Waals surface area contributed by atoms with Crippen LogP contribution >= 0.6 is 0 Å². The molecule has 0 atom stereocenters. The van der Waals surface area contributed by atoms with Gasteiger partial charge in [-0.2, -0.15) is 9.40 Å². The van der Waals surface area contributed by atoms with Crippen LogP contribution in [0.25, 0.3) is 0 Å². The fraction of sp³-hybridized carbons (Fsp3) is 0.471. The van der Waals surface area contributed by atoms with Crippen LogP contribution in [-0.4, -0.2) is 35.6 Å². The molecular formula is C17H25N3O2S. The molecule has 1 aromatic heterocycles. The maximum atomic E-state index is 12.8. The van der Waals surface area contributed by atoms with Crippen molar-refractivity contribution >= 4 is 10.0 Å². The number of rotatable bonds is 6. The molecule has 0 fully saturated rings. The lowest BCUT2D eigenvalue weighted by molar-refractivity contribution is 0.444. The first kappa shape index (κ1) is 17.7. The number of nitrogens with zero attached hydrogens (tertiary/aromatic N) is 3. The van der Waals surface area contributed by atoms with Crippen molar-refractivity contribution < 1.29 is 8.42 Å². The van der Waals surface area contributed by atoms with Crippen molar-refractivity contribution in [3.05, 3.63) is 46.8 Å². The highest BCUT2D eigenvalue weighted by molar-refractivity contribution is 7.89. The highest BCUT2D eigenvalue weighted by Gasteiger charge is 2.29. The van der Waals surface area contributed by atoms with Gasteiger partial charge in [0, 0.05) is 13.1 Å². The second kappa shape index (κ2) is 6.84. The summed E-state index contributed by atoms with van der Waals surface area (Å²) in [6, 6.07) is 8.19. The number of aryl methyl sites for hydroxylation is 2. The van der Waals surface area contributed by atoms with Crippen LogP contribution in [0.1, 0.15) is 36.4 Å². The van der Waals surface area contributed by atoms with Crippen LogP contribution in [0.4, 0.5) is 0 Å². The Morgan fingerprint density at radius 3 is 2.13 bits per heavy atom. The van der Waals surface area contributed by atoms with Gasteiger partial charge in [-0.15, -0.1) is 0 Å². The van der Waals surface area contributed by atoms with Crippen molar-refractivity contribution in [3.63, 3.8) is 0 Å². The molecule has 0 saturated carbocycles. The summed E-state index contributed by atoms with van der Waals surface area (Å²) in [5, 5.41) is 4.46. The van der Waals surface area contributed by atoms with E-state index in [4.69, 9.17) is 0 Å². The predicted molar refractivity (Wildman–Crippen MR) is 92.1 cm³/mol. The largest absolute Gasteiger partial charge is 0.264 e. The van der Waals surface area contributed by atoms with E-state index in [0.717, 1.165) is 5.56 Å². The van der Waals surface area contributed by atoms with Crippen LogP contribution < -0.4 is 0 Å². The first-order chi connectivity index (χ1) is 10.8. The summed E-state index contributed by atoms with van der Waals surface area (Å²) in [7, 11) is -3.49. The third-order valence-electron chi connectivity index (χ3n) is 4.07. The molecule has 5 nitrogen and oxygen atoms in total.